The van der Waals surface area contributed by atoms with Crippen LogP contribution in [0.5, 0.6) is 0 Å². The van der Waals surface area contributed by atoms with E-state index in [1.165, 1.54) is 12.1 Å². The van der Waals surface area contributed by atoms with Gasteiger partial charge in [0, 0.05) is 31.5 Å². The zero-order chi connectivity index (χ0) is 14.8. The van der Waals surface area contributed by atoms with Crippen molar-refractivity contribution in [1.29, 1.82) is 0 Å². The number of carbonyl (C=O) groups is 1. The first kappa shape index (κ1) is 14.8. The summed E-state index contributed by atoms with van der Waals surface area (Å²) in [5.41, 5.74) is 0.568. The molecule has 2 aliphatic heterocycles. The lowest BCUT2D eigenvalue weighted by atomic mass is 10.1. The van der Waals surface area contributed by atoms with E-state index >= 15 is 0 Å². The second kappa shape index (κ2) is 6.30. The van der Waals surface area contributed by atoms with E-state index in [0.717, 1.165) is 32.5 Å². The molecule has 0 radical (unpaired) electrons. The molecule has 0 bridgehead atoms. The quantitative estimate of drug-likeness (QED) is 0.931. The number of anilines is 1. The predicted molar refractivity (Wildman–Crippen MR) is 79.1 cm³/mol. The number of amides is 1. The van der Waals surface area contributed by atoms with Crippen LogP contribution in [0.4, 0.5) is 10.1 Å². The molecule has 6 heteroatoms. The lowest BCUT2D eigenvalue weighted by molar-refractivity contribution is -0.119. The highest BCUT2D eigenvalue weighted by molar-refractivity contribution is 6.30. The van der Waals surface area contributed by atoms with E-state index in [1.54, 1.807) is 11.0 Å². The lowest BCUT2D eigenvalue weighted by Gasteiger charge is -2.26. The van der Waals surface area contributed by atoms with Crippen LogP contribution in [0.2, 0.25) is 5.02 Å². The lowest BCUT2D eigenvalue weighted by Crippen LogP contribution is -2.45. The van der Waals surface area contributed by atoms with E-state index in [0.29, 0.717) is 18.3 Å². The second-order valence-electron chi connectivity index (χ2n) is 5.48. The Labute approximate surface area is 128 Å². The predicted octanol–water partition coefficient (Wildman–Crippen LogP) is 2.35. The van der Waals surface area contributed by atoms with Crippen molar-refractivity contribution in [2.75, 3.05) is 24.7 Å². The molecule has 2 heterocycles. The van der Waals surface area contributed by atoms with Crippen LogP contribution in [-0.2, 0) is 9.53 Å². The zero-order valence-electron chi connectivity index (χ0n) is 11.6. The van der Waals surface area contributed by atoms with Gasteiger partial charge in [-0.15, -0.1) is 0 Å². The second-order valence-corrected chi connectivity index (χ2v) is 5.89. The van der Waals surface area contributed by atoms with Crippen molar-refractivity contribution in [3.8, 4) is 0 Å². The monoisotopic (exact) mass is 312 g/mol. The van der Waals surface area contributed by atoms with Gasteiger partial charge in [-0.05, 0) is 37.5 Å². The Morgan fingerprint density at radius 1 is 1.29 bits per heavy atom. The van der Waals surface area contributed by atoms with Crippen molar-refractivity contribution < 1.29 is 13.9 Å². The minimum Gasteiger partial charge on any atom is -0.381 e. The summed E-state index contributed by atoms with van der Waals surface area (Å²) < 4.78 is 18.8. The van der Waals surface area contributed by atoms with Crippen molar-refractivity contribution >= 4 is 23.2 Å². The van der Waals surface area contributed by atoms with E-state index in [9.17, 15) is 9.18 Å². The van der Waals surface area contributed by atoms with Crippen molar-refractivity contribution in [1.82, 2.24) is 5.32 Å². The molecule has 0 unspecified atom stereocenters. The summed E-state index contributed by atoms with van der Waals surface area (Å²) in [5, 5.41) is 3.47. The molecule has 1 atom stereocenters. The third-order valence-electron chi connectivity index (χ3n) is 4.08. The van der Waals surface area contributed by atoms with Crippen molar-refractivity contribution in [3.63, 3.8) is 0 Å². The van der Waals surface area contributed by atoms with E-state index in [1.807, 2.05) is 0 Å². The molecular weight excluding hydrogens is 295 g/mol. The number of nitrogens with one attached hydrogen (secondary N) is 1. The summed E-state index contributed by atoms with van der Waals surface area (Å²) in [4.78, 5) is 14.1. The number of nitrogens with zero attached hydrogens (tertiary/aromatic N) is 1. The number of halogens is 2. The maximum atomic E-state index is 13.5. The van der Waals surface area contributed by atoms with Crippen LogP contribution in [0.3, 0.4) is 0 Å². The summed E-state index contributed by atoms with van der Waals surface area (Å²) in [6, 6.07) is 4.62. The fourth-order valence-electron chi connectivity index (χ4n) is 2.89. The normalized spacial score (nSPS) is 23.8. The van der Waals surface area contributed by atoms with Gasteiger partial charge in [0.15, 0.2) is 0 Å². The molecular formula is C15H18ClFN2O2. The Bertz CT molecular complexity index is 534. The van der Waals surface area contributed by atoms with Crippen LogP contribution < -0.4 is 10.2 Å². The van der Waals surface area contributed by atoms with E-state index in [4.69, 9.17) is 16.3 Å². The van der Waals surface area contributed by atoms with Crippen molar-refractivity contribution in [2.24, 2.45) is 0 Å². The van der Waals surface area contributed by atoms with Gasteiger partial charge < -0.3 is 15.0 Å². The molecule has 2 fully saturated rings. The van der Waals surface area contributed by atoms with Crippen LogP contribution in [0.1, 0.15) is 19.3 Å². The van der Waals surface area contributed by atoms with Crippen LogP contribution in [-0.4, -0.2) is 37.7 Å². The number of ether oxygens (including phenoxy) is 1. The number of hydrogen-bond acceptors (Lipinski definition) is 3. The first-order chi connectivity index (χ1) is 10.1. The minimum absolute atomic E-state index is 0.00298. The molecule has 1 aromatic rings. The van der Waals surface area contributed by atoms with E-state index < -0.39 is 5.82 Å². The molecule has 0 spiro atoms. The Hall–Kier alpha value is -1.17. The molecule has 2 aliphatic rings. The third-order valence-corrected chi connectivity index (χ3v) is 4.39. The van der Waals surface area contributed by atoms with Crippen molar-refractivity contribution in [3.05, 3.63) is 29.0 Å². The third kappa shape index (κ3) is 3.20. The maximum Gasteiger partial charge on any atom is 0.244 e. The first-order valence-corrected chi connectivity index (χ1v) is 7.63. The Balaban J connectivity index is 1.66. The van der Waals surface area contributed by atoms with Crippen LogP contribution in [0.15, 0.2) is 18.2 Å². The summed E-state index contributed by atoms with van der Waals surface area (Å²) >= 11 is 5.68. The Kier molecular flexibility index (Phi) is 4.42. The molecule has 114 valence electrons. The summed E-state index contributed by atoms with van der Waals surface area (Å²) in [7, 11) is 0. The van der Waals surface area contributed by atoms with Crippen LogP contribution >= 0.6 is 11.6 Å². The highest BCUT2D eigenvalue weighted by atomic mass is 35.5. The molecule has 4 nitrogen and oxygen atoms in total. The van der Waals surface area contributed by atoms with E-state index in [-0.39, 0.29) is 17.0 Å². The molecule has 1 amide bonds. The van der Waals surface area contributed by atoms with Crippen LogP contribution in [0, 0.1) is 5.82 Å². The zero-order valence-corrected chi connectivity index (χ0v) is 12.4. The average molecular weight is 313 g/mol. The van der Waals surface area contributed by atoms with Gasteiger partial charge in [-0.3, -0.25) is 4.79 Å². The van der Waals surface area contributed by atoms with Gasteiger partial charge in [-0.25, -0.2) is 4.39 Å². The summed E-state index contributed by atoms with van der Waals surface area (Å²) in [6.07, 6.45) is 2.60. The van der Waals surface area contributed by atoms with Gasteiger partial charge in [0.25, 0.3) is 0 Å². The number of rotatable bonds is 3. The van der Waals surface area contributed by atoms with Gasteiger partial charge in [0.1, 0.15) is 5.82 Å². The Morgan fingerprint density at radius 2 is 2.05 bits per heavy atom. The molecule has 0 aromatic heterocycles. The fraction of sp³-hybridized carbons (Fsp3) is 0.533. The highest BCUT2D eigenvalue weighted by Crippen LogP contribution is 2.26. The largest absolute Gasteiger partial charge is 0.381 e. The molecule has 0 aliphatic carbocycles. The Morgan fingerprint density at radius 3 is 2.76 bits per heavy atom. The minimum atomic E-state index is -0.497. The topological polar surface area (TPSA) is 41.6 Å². The van der Waals surface area contributed by atoms with Crippen LogP contribution in [0.25, 0.3) is 0 Å². The van der Waals surface area contributed by atoms with Crippen molar-refractivity contribution in [2.45, 2.75) is 31.3 Å². The van der Waals surface area contributed by atoms with Gasteiger partial charge in [0.05, 0.1) is 11.1 Å². The van der Waals surface area contributed by atoms with E-state index in [2.05, 4.69) is 5.32 Å². The van der Waals surface area contributed by atoms with Gasteiger partial charge >= 0.3 is 0 Å². The molecule has 2 saturated heterocycles. The molecule has 1 aromatic carbocycles. The van der Waals surface area contributed by atoms with Gasteiger partial charge in [0.2, 0.25) is 5.91 Å². The number of hydrogen-bond donors (Lipinski definition) is 1. The maximum absolute atomic E-state index is 13.5. The van der Waals surface area contributed by atoms with Gasteiger partial charge in [-0.1, -0.05) is 11.6 Å². The summed E-state index contributed by atoms with van der Waals surface area (Å²) in [5.74, 6) is -0.494. The SMILES string of the molecule is O=C1[C@@H](NC2CCOCC2)CCN1c1ccc(Cl)c(F)c1. The first-order valence-electron chi connectivity index (χ1n) is 7.25. The molecule has 0 saturated carbocycles. The standard InChI is InChI=1S/C15H18ClFN2O2/c16-12-2-1-11(9-13(12)17)19-6-3-14(15(19)20)18-10-4-7-21-8-5-10/h1-2,9-10,14,18H,3-8H2/t14-/m0/s1. The highest BCUT2D eigenvalue weighted by Gasteiger charge is 2.34. The molecule has 1 N–H and O–H groups in total. The summed E-state index contributed by atoms with van der Waals surface area (Å²) in [6.45, 7) is 2.08. The molecule has 21 heavy (non-hydrogen) atoms. The number of benzene rings is 1. The number of carbonyl (C=O) groups excluding carboxylic acids is 1. The van der Waals surface area contributed by atoms with Gasteiger partial charge in [-0.2, -0.15) is 0 Å². The molecule has 3 rings (SSSR count). The fourth-order valence-corrected chi connectivity index (χ4v) is 3.01. The average Bonchev–Trinajstić information content (AvgIpc) is 2.84. The smallest absolute Gasteiger partial charge is 0.244 e.